The fourth-order valence-electron chi connectivity index (χ4n) is 0.838. The Hall–Kier alpha value is -1.46. The van der Waals surface area contributed by atoms with Gasteiger partial charge in [-0.15, -0.1) is 0 Å². The molecule has 0 amide bonds. The average Bonchev–Trinajstić information content (AvgIpc) is 1.94. The molecular weight excluding hydrogens is 190 g/mol. The van der Waals surface area contributed by atoms with Crippen LogP contribution < -0.4 is 5.73 Å². The zero-order valence-electron chi connectivity index (χ0n) is 6.19. The second-order valence-corrected chi connectivity index (χ2v) is 2.38. The van der Waals surface area contributed by atoms with Crippen molar-refractivity contribution in [3.05, 3.63) is 23.5 Å². The quantitative estimate of drug-likeness (QED) is 0.378. The summed E-state index contributed by atoms with van der Waals surface area (Å²) in [6.45, 7) is 0. The third-order valence-corrected chi connectivity index (χ3v) is 1.43. The first-order valence-electron chi connectivity index (χ1n) is 3.17. The molecule has 1 aromatic carbocycles. The van der Waals surface area contributed by atoms with Crippen LogP contribution in [0.15, 0.2) is 12.1 Å². The van der Waals surface area contributed by atoms with E-state index < -0.39 is 29.0 Å². The van der Waals surface area contributed by atoms with Crippen molar-refractivity contribution in [1.29, 1.82) is 0 Å². The number of phenolic OH excluding ortho intramolecular Hbond substituents is 1. The summed E-state index contributed by atoms with van der Waals surface area (Å²) >= 11 is 0. The third kappa shape index (κ3) is 1.82. The highest BCUT2D eigenvalue weighted by Crippen LogP contribution is 2.37. The third-order valence-electron chi connectivity index (χ3n) is 1.43. The minimum atomic E-state index is -4.76. The lowest BCUT2D eigenvalue weighted by atomic mass is 10.1. The number of rotatable bonds is 0. The van der Waals surface area contributed by atoms with Gasteiger partial charge < -0.3 is 10.8 Å². The minimum absolute atomic E-state index is 0.231. The summed E-state index contributed by atoms with van der Waals surface area (Å²) in [7, 11) is 0. The predicted octanol–water partition coefficient (Wildman–Crippen LogP) is 2.13. The monoisotopic (exact) mass is 195 g/mol. The molecule has 6 heteroatoms. The highest BCUT2D eigenvalue weighted by molar-refractivity contribution is 5.58. The van der Waals surface area contributed by atoms with Crippen LogP contribution in [0, 0.1) is 5.82 Å². The van der Waals surface area contributed by atoms with Crippen molar-refractivity contribution >= 4 is 5.69 Å². The SMILES string of the molecule is Nc1c(O)cc(F)cc1C(F)(F)F. The van der Waals surface area contributed by atoms with E-state index in [1.165, 1.54) is 0 Å². The molecule has 72 valence electrons. The highest BCUT2D eigenvalue weighted by Gasteiger charge is 2.34. The van der Waals surface area contributed by atoms with E-state index in [1.807, 2.05) is 0 Å². The Morgan fingerprint density at radius 2 is 1.77 bits per heavy atom. The van der Waals surface area contributed by atoms with Crippen LogP contribution >= 0.6 is 0 Å². The van der Waals surface area contributed by atoms with Crippen molar-refractivity contribution in [3.8, 4) is 5.75 Å². The molecule has 0 aromatic heterocycles. The number of phenols is 1. The van der Waals surface area contributed by atoms with E-state index in [0.29, 0.717) is 6.07 Å². The lowest BCUT2D eigenvalue weighted by molar-refractivity contribution is -0.137. The smallest absolute Gasteiger partial charge is 0.418 e. The van der Waals surface area contributed by atoms with E-state index >= 15 is 0 Å². The van der Waals surface area contributed by atoms with E-state index in [4.69, 9.17) is 10.8 Å². The van der Waals surface area contributed by atoms with Gasteiger partial charge in [-0.1, -0.05) is 0 Å². The van der Waals surface area contributed by atoms with Crippen LogP contribution in [-0.4, -0.2) is 5.11 Å². The van der Waals surface area contributed by atoms with Gasteiger partial charge in [-0.25, -0.2) is 4.39 Å². The number of benzene rings is 1. The molecule has 0 fully saturated rings. The van der Waals surface area contributed by atoms with Crippen LogP contribution in [0.2, 0.25) is 0 Å². The van der Waals surface area contributed by atoms with Crippen molar-refractivity contribution in [2.24, 2.45) is 0 Å². The number of aromatic hydroxyl groups is 1. The number of hydrogen-bond acceptors (Lipinski definition) is 2. The van der Waals surface area contributed by atoms with Crippen molar-refractivity contribution in [3.63, 3.8) is 0 Å². The maximum atomic E-state index is 12.4. The molecule has 3 N–H and O–H groups in total. The molecule has 0 bridgehead atoms. The van der Waals surface area contributed by atoms with Gasteiger partial charge in [0.2, 0.25) is 0 Å². The lowest BCUT2D eigenvalue weighted by Crippen LogP contribution is -2.09. The Morgan fingerprint density at radius 3 is 2.23 bits per heavy atom. The molecule has 0 heterocycles. The number of hydrogen-bond donors (Lipinski definition) is 2. The molecule has 0 saturated heterocycles. The molecule has 0 aliphatic carbocycles. The molecule has 0 atom stereocenters. The molecule has 0 aliphatic rings. The maximum absolute atomic E-state index is 12.4. The van der Waals surface area contributed by atoms with Crippen LogP contribution in [-0.2, 0) is 6.18 Å². The topological polar surface area (TPSA) is 46.2 Å². The molecule has 0 unspecified atom stereocenters. The van der Waals surface area contributed by atoms with E-state index in [9.17, 15) is 17.6 Å². The molecule has 1 aromatic rings. The van der Waals surface area contributed by atoms with E-state index in [1.54, 1.807) is 0 Å². The van der Waals surface area contributed by atoms with Crippen LogP contribution in [0.5, 0.6) is 5.75 Å². The summed E-state index contributed by atoms with van der Waals surface area (Å²) in [6, 6.07) is 0.750. The Bertz CT molecular complexity index is 334. The van der Waals surface area contributed by atoms with Gasteiger partial charge in [0.1, 0.15) is 11.6 Å². The summed E-state index contributed by atoms with van der Waals surface area (Å²) in [5.74, 6) is -2.09. The molecule has 0 spiro atoms. The molecule has 13 heavy (non-hydrogen) atoms. The Kier molecular flexibility index (Phi) is 2.07. The van der Waals surface area contributed by atoms with Crippen LogP contribution in [0.1, 0.15) is 5.56 Å². The number of halogens is 4. The maximum Gasteiger partial charge on any atom is 0.418 e. The van der Waals surface area contributed by atoms with Gasteiger partial charge in [0.15, 0.2) is 0 Å². The molecule has 2 nitrogen and oxygen atoms in total. The van der Waals surface area contributed by atoms with Gasteiger partial charge in [0, 0.05) is 6.07 Å². The van der Waals surface area contributed by atoms with Crippen molar-refractivity contribution in [2.75, 3.05) is 5.73 Å². The van der Waals surface area contributed by atoms with Gasteiger partial charge in [-0.2, -0.15) is 13.2 Å². The van der Waals surface area contributed by atoms with Crippen LogP contribution in [0.25, 0.3) is 0 Å². The number of alkyl halides is 3. The Labute approximate surface area is 70.6 Å². The fraction of sp³-hybridized carbons (Fsp3) is 0.143. The van der Waals surface area contributed by atoms with Gasteiger partial charge in [0.25, 0.3) is 0 Å². The normalized spacial score (nSPS) is 11.7. The molecule has 0 saturated carbocycles. The second-order valence-electron chi connectivity index (χ2n) is 2.38. The number of anilines is 1. The fourth-order valence-corrected chi connectivity index (χ4v) is 0.838. The highest BCUT2D eigenvalue weighted by atomic mass is 19.4. The number of nitrogens with two attached hydrogens (primary N) is 1. The second kappa shape index (κ2) is 2.79. The van der Waals surface area contributed by atoms with Crippen LogP contribution in [0.3, 0.4) is 0 Å². The summed E-state index contributed by atoms with van der Waals surface area (Å²) in [6.07, 6.45) is -4.76. The molecule has 0 radical (unpaired) electrons. The standard InChI is InChI=1S/C7H5F4NO/c8-3-1-4(7(9,10)11)6(12)5(13)2-3/h1-2,13H,12H2. The Balaban J connectivity index is 3.37. The van der Waals surface area contributed by atoms with Gasteiger partial charge in [0.05, 0.1) is 11.3 Å². The van der Waals surface area contributed by atoms with Gasteiger partial charge in [-0.05, 0) is 6.07 Å². The zero-order chi connectivity index (χ0) is 10.2. The zero-order valence-corrected chi connectivity index (χ0v) is 6.19. The molecular formula is C7H5F4NO. The minimum Gasteiger partial charge on any atom is -0.506 e. The first kappa shape index (κ1) is 9.63. The molecule has 0 aliphatic heterocycles. The summed E-state index contributed by atoms with van der Waals surface area (Å²) in [5.41, 5.74) is 2.66. The van der Waals surface area contributed by atoms with Gasteiger partial charge in [-0.3, -0.25) is 0 Å². The first-order valence-corrected chi connectivity index (χ1v) is 3.17. The first-order chi connectivity index (χ1) is 5.82. The van der Waals surface area contributed by atoms with Gasteiger partial charge >= 0.3 is 6.18 Å². The number of nitrogen functional groups attached to an aromatic ring is 1. The predicted molar refractivity (Wildman–Crippen MR) is 37.5 cm³/mol. The largest absolute Gasteiger partial charge is 0.506 e. The van der Waals surface area contributed by atoms with E-state index in [-0.39, 0.29) is 6.07 Å². The van der Waals surface area contributed by atoms with E-state index in [0.717, 1.165) is 0 Å². The van der Waals surface area contributed by atoms with Crippen molar-refractivity contribution < 1.29 is 22.7 Å². The lowest BCUT2D eigenvalue weighted by Gasteiger charge is -2.10. The average molecular weight is 195 g/mol. The summed E-state index contributed by atoms with van der Waals surface area (Å²) in [4.78, 5) is 0. The molecule has 1 rings (SSSR count). The summed E-state index contributed by atoms with van der Waals surface area (Å²) in [5, 5.41) is 8.78. The van der Waals surface area contributed by atoms with Crippen molar-refractivity contribution in [2.45, 2.75) is 6.18 Å². The Morgan fingerprint density at radius 1 is 1.23 bits per heavy atom. The van der Waals surface area contributed by atoms with Crippen LogP contribution in [0.4, 0.5) is 23.2 Å². The van der Waals surface area contributed by atoms with Crippen molar-refractivity contribution in [1.82, 2.24) is 0 Å². The van der Waals surface area contributed by atoms with E-state index in [2.05, 4.69) is 0 Å². The summed E-state index contributed by atoms with van der Waals surface area (Å²) < 4.78 is 48.6.